The van der Waals surface area contributed by atoms with E-state index >= 15 is 0 Å². The zero-order valence-electron chi connectivity index (χ0n) is 7.27. The molecule has 0 aliphatic carbocycles. The Morgan fingerprint density at radius 1 is 1.25 bits per heavy atom. The molecule has 1 aromatic rings. The first kappa shape index (κ1) is 8.72. The third-order valence-electron chi connectivity index (χ3n) is 1.44. The van der Waals surface area contributed by atoms with Crippen LogP contribution in [0.25, 0.3) is 0 Å². The van der Waals surface area contributed by atoms with Crippen LogP contribution < -0.4 is 0 Å². The summed E-state index contributed by atoms with van der Waals surface area (Å²) < 4.78 is 0. The Hall–Kier alpha value is -1.37. The van der Waals surface area contributed by atoms with Crippen molar-refractivity contribution in [2.75, 3.05) is 0 Å². The molecule has 62 valence electrons. The number of rotatable bonds is 3. The molecule has 0 aromatic heterocycles. The third-order valence-corrected chi connectivity index (χ3v) is 1.44. The Labute approximate surface area is 73.5 Å². The number of para-hydroxylation sites is 1. The van der Waals surface area contributed by atoms with E-state index < -0.39 is 0 Å². The zero-order chi connectivity index (χ0) is 8.65. The standard InChI is InChI=1S/C11H13N/c1-2-3-7-10-12-11-8-5-4-6-9-11/h3-10H,2H2,1H3/b7-3-,12-10?. The molecule has 1 aromatic carbocycles. The maximum Gasteiger partial charge on any atom is 0.0629 e. The number of benzene rings is 1. The molecule has 0 N–H and O–H groups in total. The molecular formula is C11H13N. The molecule has 0 saturated heterocycles. The van der Waals surface area contributed by atoms with Crippen molar-refractivity contribution in [3.8, 4) is 0 Å². The minimum Gasteiger partial charge on any atom is -0.257 e. The molecule has 0 heterocycles. The Kier molecular flexibility index (Phi) is 3.86. The van der Waals surface area contributed by atoms with Gasteiger partial charge < -0.3 is 0 Å². The molecule has 0 radical (unpaired) electrons. The molecule has 0 atom stereocenters. The molecule has 0 aliphatic heterocycles. The van der Waals surface area contributed by atoms with Gasteiger partial charge in [-0.1, -0.05) is 31.2 Å². The number of hydrogen-bond acceptors (Lipinski definition) is 1. The summed E-state index contributed by atoms with van der Waals surface area (Å²) in [6.45, 7) is 2.10. The average molecular weight is 159 g/mol. The molecule has 1 nitrogen and oxygen atoms in total. The summed E-state index contributed by atoms with van der Waals surface area (Å²) in [6.07, 6.45) is 6.92. The zero-order valence-corrected chi connectivity index (χ0v) is 7.27. The second-order valence-corrected chi connectivity index (χ2v) is 2.45. The van der Waals surface area contributed by atoms with Gasteiger partial charge in [-0.05, 0) is 24.6 Å². The highest BCUT2D eigenvalue weighted by molar-refractivity contribution is 5.74. The van der Waals surface area contributed by atoms with Crippen LogP contribution in [0.5, 0.6) is 0 Å². The fourth-order valence-corrected chi connectivity index (χ4v) is 0.840. The van der Waals surface area contributed by atoms with E-state index in [0.29, 0.717) is 0 Å². The molecule has 0 amide bonds. The fourth-order valence-electron chi connectivity index (χ4n) is 0.840. The van der Waals surface area contributed by atoms with Gasteiger partial charge in [-0.3, -0.25) is 4.99 Å². The van der Waals surface area contributed by atoms with Crippen LogP contribution in [0.4, 0.5) is 5.69 Å². The van der Waals surface area contributed by atoms with E-state index in [0.717, 1.165) is 12.1 Å². The molecule has 12 heavy (non-hydrogen) atoms. The lowest BCUT2D eigenvalue weighted by Crippen LogP contribution is -1.65. The predicted molar refractivity (Wildman–Crippen MR) is 54.0 cm³/mol. The van der Waals surface area contributed by atoms with Crippen molar-refractivity contribution in [1.82, 2.24) is 0 Å². The first-order valence-corrected chi connectivity index (χ1v) is 4.17. The van der Waals surface area contributed by atoms with Crippen molar-refractivity contribution in [2.24, 2.45) is 4.99 Å². The lowest BCUT2D eigenvalue weighted by atomic mass is 10.3. The van der Waals surface area contributed by atoms with Crippen molar-refractivity contribution in [2.45, 2.75) is 13.3 Å². The van der Waals surface area contributed by atoms with Crippen LogP contribution in [0.1, 0.15) is 13.3 Å². The monoisotopic (exact) mass is 159 g/mol. The first-order chi connectivity index (χ1) is 5.93. The highest BCUT2D eigenvalue weighted by Gasteiger charge is 1.79. The summed E-state index contributed by atoms with van der Waals surface area (Å²) in [5.74, 6) is 0. The highest BCUT2D eigenvalue weighted by atomic mass is 14.7. The van der Waals surface area contributed by atoms with Crippen LogP contribution in [-0.4, -0.2) is 6.21 Å². The summed E-state index contributed by atoms with van der Waals surface area (Å²) in [6, 6.07) is 9.92. The summed E-state index contributed by atoms with van der Waals surface area (Å²) in [5.41, 5.74) is 0.998. The van der Waals surface area contributed by atoms with Crippen LogP contribution in [-0.2, 0) is 0 Å². The van der Waals surface area contributed by atoms with Gasteiger partial charge in [0.05, 0.1) is 5.69 Å². The van der Waals surface area contributed by atoms with Gasteiger partial charge in [0.25, 0.3) is 0 Å². The molecule has 0 bridgehead atoms. The molecule has 1 rings (SSSR count). The van der Waals surface area contributed by atoms with Gasteiger partial charge in [-0.2, -0.15) is 0 Å². The number of aliphatic imine (C=N–C) groups is 1. The number of nitrogens with zero attached hydrogens (tertiary/aromatic N) is 1. The smallest absolute Gasteiger partial charge is 0.0629 e. The highest BCUT2D eigenvalue weighted by Crippen LogP contribution is 2.07. The van der Waals surface area contributed by atoms with Gasteiger partial charge in [0.2, 0.25) is 0 Å². The van der Waals surface area contributed by atoms with Crippen molar-refractivity contribution in [1.29, 1.82) is 0 Å². The Morgan fingerprint density at radius 2 is 2.00 bits per heavy atom. The van der Waals surface area contributed by atoms with Crippen LogP contribution >= 0.6 is 0 Å². The molecule has 0 fully saturated rings. The van der Waals surface area contributed by atoms with Crippen molar-refractivity contribution in [3.05, 3.63) is 42.5 Å². The van der Waals surface area contributed by atoms with E-state index in [1.54, 1.807) is 0 Å². The lowest BCUT2D eigenvalue weighted by molar-refractivity contribution is 1.23. The maximum absolute atomic E-state index is 4.23. The van der Waals surface area contributed by atoms with Crippen LogP contribution in [0.3, 0.4) is 0 Å². The lowest BCUT2D eigenvalue weighted by Gasteiger charge is -1.87. The van der Waals surface area contributed by atoms with Crippen LogP contribution in [0, 0.1) is 0 Å². The number of hydrogen-bond donors (Lipinski definition) is 0. The van der Waals surface area contributed by atoms with Gasteiger partial charge in [0, 0.05) is 6.21 Å². The fraction of sp³-hybridized carbons (Fsp3) is 0.182. The van der Waals surface area contributed by atoms with Gasteiger partial charge in [0.15, 0.2) is 0 Å². The van der Waals surface area contributed by atoms with Crippen LogP contribution in [0.15, 0.2) is 47.5 Å². The summed E-state index contributed by atoms with van der Waals surface area (Å²) in [5, 5.41) is 0. The van der Waals surface area contributed by atoms with E-state index in [1.807, 2.05) is 42.6 Å². The summed E-state index contributed by atoms with van der Waals surface area (Å²) in [7, 11) is 0. The maximum atomic E-state index is 4.23. The molecular weight excluding hydrogens is 146 g/mol. The molecule has 0 spiro atoms. The average Bonchev–Trinajstić information content (AvgIpc) is 2.14. The SMILES string of the molecule is CC/C=C\C=Nc1ccccc1. The molecule has 0 unspecified atom stereocenters. The second kappa shape index (κ2) is 5.30. The van der Waals surface area contributed by atoms with Crippen molar-refractivity contribution < 1.29 is 0 Å². The first-order valence-electron chi connectivity index (χ1n) is 4.17. The minimum absolute atomic E-state index is 0.998. The normalized spacial score (nSPS) is 11.4. The van der Waals surface area contributed by atoms with Gasteiger partial charge in [-0.15, -0.1) is 0 Å². The van der Waals surface area contributed by atoms with E-state index in [2.05, 4.69) is 18.0 Å². The van der Waals surface area contributed by atoms with Gasteiger partial charge in [-0.25, -0.2) is 0 Å². The third kappa shape index (κ3) is 3.15. The largest absolute Gasteiger partial charge is 0.257 e. The van der Waals surface area contributed by atoms with Crippen molar-refractivity contribution >= 4 is 11.9 Å². The predicted octanol–water partition coefficient (Wildman–Crippen LogP) is 3.36. The summed E-state index contributed by atoms with van der Waals surface area (Å²) >= 11 is 0. The topological polar surface area (TPSA) is 12.4 Å². The van der Waals surface area contributed by atoms with Crippen molar-refractivity contribution in [3.63, 3.8) is 0 Å². The van der Waals surface area contributed by atoms with Gasteiger partial charge >= 0.3 is 0 Å². The summed E-state index contributed by atoms with van der Waals surface area (Å²) in [4.78, 5) is 4.23. The molecule has 0 saturated carbocycles. The molecule has 0 aliphatic rings. The Bertz CT molecular complexity index is 260. The number of allylic oxidation sites excluding steroid dienone is 2. The quantitative estimate of drug-likeness (QED) is 0.600. The van der Waals surface area contributed by atoms with E-state index in [4.69, 9.17) is 0 Å². The van der Waals surface area contributed by atoms with E-state index in [-0.39, 0.29) is 0 Å². The molecule has 1 heteroatoms. The van der Waals surface area contributed by atoms with Gasteiger partial charge in [0.1, 0.15) is 0 Å². The Balaban J connectivity index is 2.52. The van der Waals surface area contributed by atoms with E-state index in [9.17, 15) is 0 Å². The second-order valence-electron chi connectivity index (χ2n) is 2.45. The minimum atomic E-state index is 0.998. The Morgan fingerprint density at radius 3 is 2.67 bits per heavy atom. The van der Waals surface area contributed by atoms with Crippen LogP contribution in [0.2, 0.25) is 0 Å². The van der Waals surface area contributed by atoms with E-state index in [1.165, 1.54) is 0 Å².